The molecule has 0 fully saturated rings. The van der Waals surface area contributed by atoms with Gasteiger partial charge in [0, 0.05) is 11.4 Å². The van der Waals surface area contributed by atoms with Crippen molar-refractivity contribution in [2.75, 3.05) is 13.7 Å². The van der Waals surface area contributed by atoms with E-state index in [-0.39, 0.29) is 5.91 Å². The van der Waals surface area contributed by atoms with Crippen LogP contribution in [0.2, 0.25) is 0 Å². The fraction of sp³-hybridized carbons (Fsp3) is 0.389. The number of carbonyl (C=O) groups excluding carboxylic acids is 1. The van der Waals surface area contributed by atoms with Gasteiger partial charge in [-0.05, 0) is 49.9 Å². The lowest BCUT2D eigenvalue weighted by Gasteiger charge is -2.10. The molecule has 1 amide bonds. The van der Waals surface area contributed by atoms with Gasteiger partial charge in [0.1, 0.15) is 5.75 Å². The van der Waals surface area contributed by atoms with Crippen LogP contribution in [0.1, 0.15) is 38.2 Å². The van der Waals surface area contributed by atoms with Gasteiger partial charge >= 0.3 is 0 Å². The van der Waals surface area contributed by atoms with E-state index in [2.05, 4.69) is 32.2 Å². The molecule has 0 spiro atoms. The SMILES string of the molecule is CCc1cc(C(=O)NCCc2cc(C)ccc2OC)sc1C. The molecule has 3 nitrogen and oxygen atoms in total. The van der Waals surface area contributed by atoms with Crippen LogP contribution in [-0.4, -0.2) is 19.6 Å². The van der Waals surface area contributed by atoms with E-state index in [9.17, 15) is 4.79 Å². The molecule has 2 aromatic rings. The molecule has 1 N–H and O–H groups in total. The predicted octanol–water partition coefficient (Wildman–Crippen LogP) is 3.91. The summed E-state index contributed by atoms with van der Waals surface area (Å²) in [6.07, 6.45) is 1.73. The molecule has 1 aromatic heterocycles. The Hall–Kier alpha value is -1.81. The number of amides is 1. The molecule has 1 aromatic carbocycles. The first kappa shape index (κ1) is 16.6. The van der Waals surface area contributed by atoms with Crippen molar-refractivity contribution >= 4 is 17.2 Å². The highest BCUT2D eigenvalue weighted by Crippen LogP contribution is 2.22. The highest BCUT2D eigenvalue weighted by Gasteiger charge is 2.11. The molecule has 4 heteroatoms. The highest BCUT2D eigenvalue weighted by atomic mass is 32.1. The summed E-state index contributed by atoms with van der Waals surface area (Å²) in [5.41, 5.74) is 3.58. The Bertz CT molecular complexity index is 661. The van der Waals surface area contributed by atoms with Crippen molar-refractivity contribution in [3.8, 4) is 5.75 Å². The molecule has 0 saturated heterocycles. The number of ether oxygens (including phenoxy) is 1. The summed E-state index contributed by atoms with van der Waals surface area (Å²) in [6.45, 7) is 6.85. The van der Waals surface area contributed by atoms with Gasteiger partial charge < -0.3 is 10.1 Å². The predicted molar refractivity (Wildman–Crippen MR) is 92.2 cm³/mol. The molecule has 0 aliphatic rings. The highest BCUT2D eigenvalue weighted by molar-refractivity contribution is 7.14. The quantitative estimate of drug-likeness (QED) is 0.877. The van der Waals surface area contributed by atoms with Crippen LogP contribution in [0.3, 0.4) is 0 Å². The van der Waals surface area contributed by atoms with E-state index < -0.39 is 0 Å². The zero-order valence-corrected chi connectivity index (χ0v) is 14.5. The van der Waals surface area contributed by atoms with Crippen molar-refractivity contribution in [1.29, 1.82) is 0 Å². The van der Waals surface area contributed by atoms with E-state index in [4.69, 9.17) is 4.74 Å². The monoisotopic (exact) mass is 317 g/mol. The van der Waals surface area contributed by atoms with E-state index in [1.54, 1.807) is 18.4 Å². The number of nitrogens with one attached hydrogen (secondary N) is 1. The number of methoxy groups -OCH3 is 1. The maximum atomic E-state index is 12.2. The van der Waals surface area contributed by atoms with Crippen molar-refractivity contribution in [3.05, 3.63) is 50.7 Å². The van der Waals surface area contributed by atoms with Gasteiger partial charge in [-0.15, -0.1) is 11.3 Å². The van der Waals surface area contributed by atoms with E-state index in [1.807, 2.05) is 18.2 Å². The summed E-state index contributed by atoms with van der Waals surface area (Å²) in [5, 5.41) is 3.00. The lowest BCUT2D eigenvalue weighted by atomic mass is 10.1. The van der Waals surface area contributed by atoms with Crippen molar-refractivity contribution in [2.24, 2.45) is 0 Å². The van der Waals surface area contributed by atoms with Crippen LogP contribution >= 0.6 is 11.3 Å². The third kappa shape index (κ3) is 3.89. The zero-order valence-electron chi connectivity index (χ0n) is 13.7. The summed E-state index contributed by atoms with van der Waals surface area (Å²) < 4.78 is 5.37. The molecule has 0 radical (unpaired) electrons. The average Bonchev–Trinajstić information content (AvgIpc) is 2.88. The largest absolute Gasteiger partial charge is 0.496 e. The van der Waals surface area contributed by atoms with Crippen molar-refractivity contribution in [2.45, 2.75) is 33.6 Å². The molecule has 1 heterocycles. The minimum Gasteiger partial charge on any atom is -0.496 e. The summed E-state index contributed by atoms with van der Waals surface area (Å²) in [7, 11) is 1.67. The topological polar surface area (TPSA) is 38.3 Å². The van der Waals surface area contributed by atoms with Gasteiger partial charge in [-0.25, -0.2) is 0 Å². The van der Waals surface area contributed by atoms with Crippen molar-refractivity contribution in [1.82, 2.24) is 5.32 Å². The number of hydrogen-bond acceptors (Lipinski definition) is 3. The van der Waals surface area contributed by atoms with Crippen LogP contribution in [0.15, 0.2) is 24.3 Å². The number of rotatable bonds is 6. The van der Waals surface area contributed by atoms with Gasteiger partial charge in [0.25, 0.3) is 5.91 Å². The minimum atomic E-state index is 0.0134. The maximum Gasteiger partial charge on any atom is 0.261 e. The Morgan fingerprint density at radius 2 is 2.00 bits per heavy atom. The third-order valence-electron chi connectivity index (χ3n) is 3.74. The lowest BCUT2D eigenvalue weighted by Crippen LogP contribution is -2.25. The minimum absolute atomic E-state index is 0.0134. The first-order chi connectivity index (χ1) is 10.5. The first-order valence-corrected chi connectivity index (χ1v) is 8.37. The number of hydrogen-bond donors (Lipinski definition) is 1. The molecule has 0 atom stereocenters. The van der Waals surface area contributed by atoms with Gasteiger partial charge in [0.2, 0.25) is 0 Å². The molecular weight excluding hydrogens is 294 g/mol. The molecular formula is C18H23NO2S. The maximum absolute atomic E-state index is 12.2. The van der Waals surface area contributed by atoms with Crippen LogP contribution in [0.4, 0.5) is 0 Å². The van der Waals surface area contributed by atoms with Crippen LogP contribution in [-0.2, 0) is 12.8 Å². The Kier molecular flexibility index (Phi) is 5.61. The van der Waals surface area contributed by atoms with Crippen LogP contribution < -0.4 is 10.1 Å². The van der Waals surface area contributed by atoms with E-state index >= 15 is 0 Å². The third-order valence-corrected chi connectivity index (χ3v) is 4.83. The Balaban J connectivity index is 1.95. The number of carbonyl (C=O) groups is 1. The molecule has 2 rings (SSSR count). The second-order valence-corrected chi connectivity index (χ2v) is 6.62. The lowest BCUT2D eigenvalue weighted by molar-refractivity contribution is 0.0958. The Morgan fingerprint density at radius 3 is 2.64 bits per heavy atom. The molecule has 22 heavy (non-hydrogen) atoms. The number of thiophene rings is 1. The number of aryl methyl sites for hydroxylation is 3. The van der Waals surface area contributed by atoms with E-state index in [1.165, 1.54) is 16.0 Å². The fourth-order valence-corrected chi connectivity index (χ4v) is 3.51. The summed E-state index contributed by atoms with van der Waals surface area (Å²) >= 11 is 1.57. The normalized spacial score (nSPS) is 10.5. The van der Waals surface area contributed by atoms with Crippen LogP contribution in [0.25, 0.3) is 0 Å². The standard InChI is InChI=1S/C18H23NO2S/c1-5-14-11-17(22-13(14)3)18(20)19-9-8-15-10-12(2)6-7-16(15)21-4/h6-7,10-11H,5,8-9H2,1-4H3,(H,19,20). The fourth-order valence-electron chi connectivity index (χ4n) is 2.48. The van der Waals surface area contributed by atoms with Gasteiger partial charge in [-0.3, -0.25) is 4.79 Å². The van der Waals surface area contributed by atoms with Gasteiger partial charge in [-0.2, -0.15) is 0 Å². The second-order valence-electron chi connectivity index (χ2n) is 5.37. The molecule has 118 valence electrons. The zero-order chi connectivity index (χ0) is 16.1. The Labute approximate surface area is 136 Å². The first-order valence-electron chi connectivity index (χ1n) is 7.56. The molecule has 0 aliphatic carbocycles. The molecule has 0 unspecified atom stereocenters. The summed E-state index contributed by atoms with van der Waals surface area (Å²) in [4.78, 5) is 14.2. The second kappa shape index (κ2) is 7.45. The van der Waals surface area contributed by atoms with E-state index in [0.29, 0.717) is 6.54 Å². The van der Waals surface area contributed by atoms with E-state index in [0.717, 1.165) is 29.0 Å². The number of benzene rings is 1. The molecule has 0 aliphatic heterocycles. The molecule has 0 bridgehead atoms. The Morgan fingerprint density at radius 1 is 1.23 bits per heavy atom. The average molecular weight is 317 g/mol. The molecule has 0 saturated carbocycles. The van der Waals surface area contributed by atoms with Gasteiger partial charge in [0.05, 0.1) is 12.0 Å². The van der Waals surface area contributed by atoms with Gasteiger partial charge in [-0.1, -0.05) is 24.6 Å². The summed E-state index contributed by atoms with van der Waals surface area (Å²) in [6, 6.07) is 8.11. The van der Waals surface area contributed by atoms with Crippen molar-refractivity contribution < 1.29 is 9.53 Å². The van der Waals surface area contributed by atoms with Crippen molar-refractivity contribution in [3.63, 3.8) is 0 Å². The van der Waals surface area contributed by atoms with Gasteiger partial charge in [0.15, 0.2) is 0 Å². The summed E-state index contributed by atoms with van der Waals surface area (Å²) in [5.74, 6) is 0.888. The van der Waals surface area contributed by atoms with Crippen LogP contribution in [0.5, 0.6) is 5.75 Å². The smallest absolute Gasteiger partial charge is 0.261 e. The van der Waals surface area contributed by atoms with Crippen LogP contribution in [0, 0.1) is 13.8 Å².